The van der Waals surface area contributed by atoms with E-state index < -0.39 is 0 Å². The predicted octanol–water partition coefficient (Wildman–Crippen LogP) is 5.40. The van der Waals surface area contributed by atoms with Crippen LogP contribution in [-0.2, 0) is 15.3 Å². The molecule has 11 heteroatoms. The molecule has 4 rings (SSSR count). The Labute approximate surface area is 209 Å². The first-order valence-corrected chi connectivity index (χ1v) is 12.4. The lowest BCUT2D eigenvalue weighted by Crippen LogP contribution is -2.17. The highest BCUT2D eigenvalue weighted by Gasteiger charge is 2.12. The number of rotatable bonds is 9. The molecule has 2 N–H and O–H groups in total. The molecular formula is C23H20ClN5O3S2. The molecule has 4 aromatic rings. The topological polar surface area (TPSA) is 106 Å². The first kappa shape index (κ1) is 23.9. The number of hydrogen-bond donors (Lipinski definition) is 2. The summed E-state index contributed by atoms with van der Waals surface area (Å²) in [4.78, 5) is 28.8. The van der Waals surface area contributed by atoms with Gasteiger partial charge < -0.3 is 15.4 Å². The summed E-state index contributed by atoms with van der Waals surface area (Å²) < 4.78 is 5.93. The number of nitrogens with zero attached hydrogens (tertiary/aromatic N) is 3. The van der Waals surface area contributed by atoms with Crippen LogP contribution in [0, 0.1) is 0 Å². The number of nitrogens with one attached hydrogen (secondary N) is 2. The summed E-state index contributed by atoms with van der Waals surface area (Å²) in [6, 6.07) is 14.9. The average molecular weight is 514 g/mol. The number of amides is 2. The van der Waals surface area contributed by atoms with Crippen molar-refractivity contribution < 1.29 is 14.3 Å². The van der Waals surface area contributed by atoms with Crippen molar-refractivity contribution in [3.8, 4) is 5.75 Å². The number of halogens is 1. The lowest BCUT2D eigenvalue weighted by Gasteiger charge is -2.07. The maximum atomic E-state index is 12.3. The molecule has 0 spiro atoms. The van der Waals surface area contributed by atoms with Gasteiger partial charge >= 0.3 is 0 Å². The Morgan fingerprint density at radius 1 is 1.03 bits per heavy atom. The zero-order valence-corrected chi connectivity index (χ0v) is 20.5. The molecule has 0 saturated carbocycles. The van der Waals surface area contributed by atoms with Crippen molar-refractivity contribution in [2.75, 3.05) is 17.7 Å². The van der Waals surface area contributed by atoms with Crippen LogP contribution in [0.3, 0.4) is 0 Å². The third kappa shape index (κ3) is 6.66. The molecule has 0 atom stereocenters. The van der Waals surface area contributed by atoms with E-state index >= 15 is 0 Å². The van der Waals surface area contributed by atoms with Gasteiger partial charge in [0.25, 0.3) is 0 Å². The molecule has 0 saturated heterocycles. The van der Waals surface area contributed by atoms with Gasteiger partial charge in [-0.1, -0.05) is 46.8 Å². The second-order valence-electron chi connectivity index (χ2n) is 7.17. The minimum absolute atomic E-state index is 0.0247. The molecule has 34 heavy (non-hydrogen) atoms. The van der Waals surface area contributed by atoms with Gasteiger partial charge in [-0.3, -0.25) is 14.6 Å². The molecule has 8 nitrogen and oxygen atoms in total. The van der Waals surface area contributed by atoms with E-state index in [9.17, 15) is 9.59 Å². The SMILES string of the molecule is COc1ccc2cc(NC(=O)CCC(=O)Nc3nnc(SCc4ccc(Cl)cc4)s3)cnc2c1. The van der Waals surface area contributed by atoms with Crippen molar-refractivity contribution in [2.45, 2.75) is 22.9 Å². The lowest BCUT2D eigenvalue weighted by atomic mass is 10.2. The third-order valence-corrected chi connectivity index (χ3v) is 6.98. The number of aromatic nitrogens is 3. The van der Waals surface area contributed by atoms with Crippen LogP contribution in [0.25, 0.3) is 10.9 Å². The highest BCUT2D eigenvalue weighted by atomic mass is 35.5. The number of benzene rings is 2. The highest BCUT2D eigenvalue weighted by molar-refractivity contribution is 8.00. The van der Waals surface area contributed by atoms with Gasteiger partial charge in [0, 0.05) is 35.1 Å². The van der Waals surface area contributed by atoms with Gasteiger partial charge in [0.05, 0.1) is 24.5 Å². The Morgan fingerprint density at radius 2 is 1.79 bits per heavy atom. The van der Waals surface area contributed by atoms with Gasteiger partial charge in [-0.25, -0.2) is 0 Å². The fourth-order valence-corrected chi connectivity index (χ4v) is 4.82. The third-order valence-electron chi connectivity index (χ3n) is 4.68. The number of ether oxygens (including phenoxy) is 1. The fraction of sp³-hybridized carbons (Fsp3) is 0.174. The van der Waals surface area contributed by atoms with Crippen LogP contribution in [-0.4, -0.2) is 34.1 Å². The maximum Gasteiger partial charge on any atom is 0.226 e. The van der Waals surface area contributed by atoms with E-state index in [4.69, 9.17) is 16.3 Å². The minimum atomic E-state index is -0.302. The molecule has 0 aliphatic rings. The van der Waals surface area contributed by atoms with Crippen molar-refractivity contribution in [2.24, 2.45) is 0 Å². The molecule has 0 aliphatic carbocycles. The molecular weight excluding hydrogens is 494 g/mol. The lowest BCUT2D eigenvalue weighted by molar-refractivity contribution is -0.121. The first-order chi connectivity index (χ1) is 16.5. The molecule has 174 valence electrons. The Kier molecular flexibility index (Phi) is 7.94. The zero-order valence-electron chi connectivity index (χ0n) is 18.1. The van der Waals surface area contributed by atoms with E-state index in [1.54, 1.807) is 13.3 Å². The number of fused-ring (bicyclic) bond motifs is 1. The van der Waals surface area contributed by atoms with Gasteiger partial charge in [-0.2, -0.15) is 0 Å². The molecule has 2 aromatic carbocycles. The summed E-state index contributed by atoms with van der Waals surface area (Å²) in [6.45, 7) is 0. The Hall–Kier alpha value is -3.21. The van der Waals surface area contributed by atoms with Crippen molar-refractivity contribution in [3.63, 3.8) is 0 Å². The van der Waals surface area contributed by atoms with E-state index in [-0.39, 0.29) is 24.7 Å². The van der Waals surface area contributed by atoms with Crippen LogP contribution in [0.4, 0.5) is 10.8 Å². The van der Waals surface area contributed by atoms with E-state index in [1.165, 1.54) is 23.1 Å². The number of pyridine rings is 1. The Bertz CT molecular complexity index is 1310. The largest absolute Gasteiger partial charge is 0.497 e. The molecule has 0 bridgehead atoms. The molecule has 2 aromatic heterocycles. The summed E-state index contributed by atoms with van der Waals surface area (Å²) in [6.07, 6.45) is 1.63. The number of carbonyl (C=O) groups excluding carboxylic acids is 2. The second-order valence-corrected chi connectivity index (χ2v) is 9.80. The Balaban J connectivity index is 1.22. The minimum Gasteiger partial charge on any atom is -0.497 e. The number of anilines is 2. The number of carbonyl (C=O) groups is 2. The second kappa shape index (κ2) is 11.3. The van der Waals surface area contributed by atoms with Crippen LogP contribution in [0.15, 0.2) is 59.1 Å². The van der Waals surface area contributed by atoms with Gasteiger partial charge in [-0.15, -0.1) is 10.2 Å². The number of hydrogen-bond acceptors (Lipinski definition) is 8. The smallest absolute Gasteiger partial charge is 0.226 e. The van der Waals surface area contributed by atoms with Crippen molar-refractivity contribution in [1.82, 2.24) is 15.2 Å². The fourth-order valence-electron chi connectivity index (χ4n) is 2.97. The van der Waals surface area contributed by atoms with E-state index in [2.05, 4.69) is 25.8 Å². The van der Waals surface area contributed by atoms with Crippen LogP contribution in [0.5, 0.6) is 5.75 Å². The van der Waals surface area contributed by atoms with Crippen LogP contribution in [0.1, 0.15) is 18.4 Å². The van der Waals surface area contributed by atoms with Gasteiger partial charge in [0.1, 0.15) is 5.75 Å². The van der Waals surface area contributed by atoms with Crippen molar-refractivity contribution >= 4 is 68.2 Å². The normalized spacial score (nSPS) is 10.8. The molecule has 2 amide bonds. The summed E-state index contributed by atoms with van der Waals surface area (Å²) in [5, 5.41) is 15.5. The monoisotopic (exact) mass is 513 g/mol. The van der Waals surface area contributed by atoms with Gasteiger partial charge in [0.15, 0.2) is 4.34 Å². The molecule has 0 radical (unpaired) electrons. The van der Waals surface area contributed by atoms with Crippen LogP contribution >= 0.6 is 34.7 Å². The summed E-state index contributed by atoms with van der Waals surface area (Å²) in [5.41, 5.74) is 2.44. The van der Waals surface area contributed by atoms with E-state index in [1.807, 2.05) is 48.5 Å². The summed E-state index contributed by atoms with van der Waals surface area (Å²) in [7, 11) is 1.60. The molecule has 0 fully saturated rings. The summed E-state index contributed by atoms with van der Waals surface area (Å²) >= 11 is 8.71. The molecule has 0 unspecified atom stereocenters. The van der Waals surface area contributed by atoms with Crippen molar-refractivity contribution in [3.05, 3.63) is 65.3 Å². The first-order valence-electron chi connectivity index (χ1n) is 10.2. The number of methoxy groups -OCH3 is 1. The number of thioether (sulfide) groups is 1. The van der Waals surface area contributed by atoms with Crippen molar-refractivity contribution in [1.29, 1.82) is 0 Å². The van der Waals surface area contributed by atoms with Crippen LogP contribution in [0.2, 0.25) is 5.02 Å². The summed E-state index contributed by atoms with van der Waals surface area (Å²) in [5.74, 6) is 0.855. The predicted molar refractivity (Wildman–Crippen MR) is 136 cm³/mol. The van der Waals surface area contributed by atoms with E-state index in [0.29, 0.717) is 21.6 Å². The molecule has 2 heterocycles. The van der Waals surface area contributed by atoms with Crippen LogP contribution < -0.4 is 15.4 Å². The average Bonchev–Trinajstić information content (AvgIpc) is 3.29. The van der Waals surface area contributed by atoms with E-state index in [0.717, 1.165) is 26.6 Å². The van der Waals surface area contributed by atoms with Gasteiger partial charge in [-0.05, 0) is 35.9 Å². The van der Waals surface area contributed by atoms with Gasteiger partial charge in [0.2, 0.25) is 16.9 Å². The quantitative estimate of drug-likeness (QED) is 0.228. The zero-order chi connectivity index (χ0) is 23.9. The standard InChI is InChI=1S/C23H20ClN5O3S2/c1-32-18-7-4-15-10-17(12-25-19(15)11-18)26-20(30)8-9-21(31)27-22-28-29-23(34-22)33-13-14-2-5-16(24)6-3-14/h2-7,10-12H,8-9,13H2,1H3,(H,26,30)(H,27,28,31). The highest BCUT2D eigenvalue weighted by Crippen LogP contribution is 2.29. The maximum absolute atomic E-state index is 12.3. The molecule has 0 aliphatic heterocycles. The Morgan fingerprint density at radius 3 is 2.56 bits per heavy atom.